The maximum Gasteiger partial charge on any atom is 0.272 e. The van der Waals surface area contributed by atoms with Gasteiger partial charge in [0.15, 0.2) is 0 Å². The molecule has 0 atom stereocenters. The number of nitrogens with zero attached hydrogens (tertiary/aromatic N) is 3. The Morgan fingerprint density at radius 3 is 2.78 bits per heavy atom. The highest BCUT2D eigenvalue weighted by Crippen LogP contribution is 2.28. The van der Waals surface area contributed by atoms with Gasteiger partial charge in [0.05, 0.1) is 12.1 Å². The van der Waals surface area contributed by atoms with Gasteiger partial charge in [-0.05, 0) is 30.2 Å². The average molecular weight is 360 g/mol. The number of nitrogens with one attached hydrogen (secondary N) is 3. The zero-order chi connectivity index (χ0) is 18.8. The van der Waals surface area contributed by atoms with E-state index in [0.29, 0.717) is 17.0 Å². The number of H-pyrrole nitrogens is 2. The summed E-state index contributed by atoms with van der Waals surface area (Å²) in [6.07, 6.45) is 8.13. The summed E-state index contributed by atoms with van der Waals surface area (Å²) in [5, 5.41) is 3.57. The largest absolute Gasteiger partial charge is 0.357 e. The molecule has 8 nitrogen and oxygen atoms in total. The summed E-state index contributed by atoms with van der Waals surface area (Å²) in [5.41, 5.74) is 3.43. The van der Waals surface area contributed by atoms with Crippen LogP contribution in [0.1, 0.15) is 11.1 Å². The van der Waals surface area contributed by atoms with Crippen LogP contribution in [0.2, 0.25) is 0 Å². The van der Waals surface area contributed by atoms with Crippen LogP contribution in [0.25, 0.3) is 22.2 Å². The number of aryl methyl sites for hydroxylation is 1. The second-order valence-electron chi connectivity index (χ2n) is 6.13. The fraction of sp³-hybridized carbons (Fsp3) is 0.105. The standard InChI is InChI=1S/C19H16N6O2/c1-11-2-3-15(24-16(26)6-12-7-20-10-21-8-12)25-17(11)14-9-23-19(27)18-13(14)4-5-22-18/h2-5,7-10,22H,6H2,1H3,(H,23,27)(H,24,25,26). The minimum Gasteiger partial charge on any atom is -0.357 e. The van der Waals surface area contributed by atoms with Crippen LogP contribution >= 0.6 is 0 Å². The second-order valence-corrected chi connectivity index (χ2v) is 6.13. The normalized spacial score (nSPS) is 10.9. The molecule has 0 fully saturated rings. The fourth-order valence-electron chi connectivity index (χ4n) is 2.93. The van der Waals surface area contributed by atoms with E-state index < -0.39 is 0 Å². The van der Waals surface area contributed by atoms with Gasteiger partial charge in [-0.1, -0.05) is 6.07 Å². The number of carbonyl (C=O) groups excluding carboxylic acids is 1. The number of fused-ring (bicyclic) bond motifs is 1. The molecule has 4 heterocycles. The van der Waals surface area contributed by atoms with E-state index in [9.17, 15) is 9.59 Å². The molecule has 0 aliphatic rings. The van der Waals surface area contributed by atoms with Crippen molar-refractivity contribution in [1.82, 2.24) is 24.9 Å². The fourth-order valence-corrected chi connectivity index (χ4v) is 2.93. The number of hydrogen-bond donors (Lipinski definition) is 3. The third-order valence-corrected chi connectivity index (χ3v) is 4.21. The average Bonchev–Trinajstić information content (AvgIpc) is 3.15. The summed E-state index contributed by atoms with van der Waals surface area (Å²) < 4.78 is 0. The topological polar surface area (TPSA) is 116 Å². The van der Waals surface area contributed by atoms with Crippen molar-refractivity contribution in [3.63, 3.8) is 0 Å². The first kappa shape index (κ1) is 16.6. The van der Waals surface area contributed by atoms with E-state index in [2.05, 4.69) is 30.2 Å². The van der Waals surface area contributed by atoms with E-state index in [1.165, 1.54) is 6.33 Å². The van der Waals surface area contributed by atoms with Crippen molar-refractivity contribution in [1.29, 1.82) is 0 Å². The first-order valence-electron chi connectivity index (χ1n) is 8.32. The van der Waals surface area contributed by atoms with Crippen molar-refractivity contribution < 1.29 is 4.79 Å². The maximum absolute atomic E-state index is 12.3. The highest BCUT2D eigenvalue weighted by atomic mass is 16.1. The molecular weight excluding hydrogens is 344 g/mol. The Kier molecular flexibility index (Phi) is 4.21. The highest BCUT2D eigenvalue weighted by molar-refractivity contribution is 5.95. The molecule has 8 heteroatoms. The molecule has 0 unspecified atom stereocenters. The lowest BCUT2D eigenvalue weighted by Gasteiger charge is -2.10. The van der Waals surface area contributed by atoms with Gasteiger partial charge in [-0.2, -0.15) is 0 Å². The number of amides is 1. The van der Waals surface area contributed by atoms with Crippen molar-refractivity contribution in [3.8, 4) is 11.3 Å². The zero-order valence-electron chi connectivity index (χ0n) is 14.5. The highest BCUT2D eigenvalue weighted by Gasteiger charge is 2.13. The summed E-state index contributed by atoms with van der Waals surface area (Å²) in [5.74, 6) is 0.229. The van der Waals surface area contributed by atoms with Gasteiger partial charge in [-0.3, -0.25) is 9.59 Å². The molecule has 0 aliphatic heterocycles. The van der Waals surface area contributed by atoms with Crippen LogP contribution in [0.4, 0.5) is 5.82 Å². The lowest BCUT2D eigenvalue weighted by molar-refractivity contribution is -0.115. The molecule has 3 N–H and O–H groups in total. The Hall–Kier alpha value is -3.81. The molecule has 0 saturated heterocycles. The Labute approximate surface area is 153 Å². The minimum atomic E-state index is -0.208. The number of aromatic nitrogens is 5. The van der Waals surface area contributed by atoms with E-state index in [1.54, 1.807) is 30.9 Å². The summed E-state index contributed by atoms with van der Waals surface area (Å²) in [4.78, 5) is 42.2. The number of pyridine rings is 2. The van der Waals surface area contributed by atoms with Gasteiger partial charge < -0.3 is 15.3 Å². The molecule has 0 saturated carbocycles. The van der Waals surface area contributed by atoms with E-state index in [-0.39, 0.29) is 17.9 Å². The maximum atomic E-state index is 12.3. The van der Waals surface area contributed by atoms with Crippen molar-refractivity contribution in [2.45, 2.75) is 13.3 Å². The van der Waals surface area contributed by atoms with Crippen LogP contribution in [-0.4, -0.2) is 30.8 Å². The van der Waals surface area contributed by atoms with Crippen molar-refractivity contribution >= 4 is 22.6 Å². The van der Waals surface area contributed by atoms with Crippen LogP contribution in [0.5, 0.6) is 0 Å². The molecule has 4 aromatic rings. The van der Waals surface area contributed by atoms with Crippen LogP contribution in [0.3, 0.4) is 0 Å². The van der Waals surface area contributed by atoms with E-state index in [0.717, 1.165) is 22.1 Å². The van der Waals surface area contributed by atoms with Gasteiger partial charge in [-0.25, -0.2) is 15.0 Å². The smallest absolute Gasteiger partial charge is 0.272 e. The van der Waals surface area contributed by atoms with Crippen LogP contribution in [-0.2, 0) is 11.2 Å². The summed E-state index contributed by atoms with van der Waals surface area (Å²) in [7, 11) is 0. The predicted octanol–water partition coefficient (Wildman–Crippen LogP) is 2.20. The number of rotatable bonds is 4. The third kappa shape index (κ3) is 3.32. The molecule has 134 valence electrons. The predicted molar refractivity (Wildman–Crippen MR) is 101 cm³/mol. The van der Waals surface area contributed by atoms with Gasteiger partial charge in [-0.15, -0.1) is 0 Å². The Bertz CT molecular complexity index is 1180. The summed E-state index contributed by atoms with van der Waals surface area (Å²) >= 11 is 0. The van der Waals surface area contributed by atoms with Gasteiger partial charge >= 0.3 is 0 Å². The minimum absolute atomic E-state index is 0.159. The van der Waals surface area contributed by atoms with Gasteiger partial charge in [0.25, 0.3) is 5.56 Å². The monoisotopic (exact) mass is 360 g/mol. The first-order chi connectivity index (χ1) is 13.1. The molecule has 0 aromatic carbocycles. The third-order valence-electron chi connectivity index (χ3n) is 4.21. The Morgan fingerprint density at radius 2 is 1.96 bits per heavy atom. The van der Waals surface area contributed by atoms with Crippen molar-refractivity contribution in [2.24, 2.45) is 0 Å². The molecule has 27 heavy (non-hydrogen) atoms. The SMILES string of the molecule is Cc1ccc(NC(=O)Cc2cncnc2)nc1-c1c[nH]c(=O)c2[nH]ccc12. The molecule has 4 rings (SSSR count). The molecular formula is C19H16N6O2. The van der Waals surface area contributed by atoms with E-state index >= 15 is 0 Å². The Morgan fingerprint density at radius 1 is 1.15 bits per heavy atom. The number of carbonyl (C=O) groups is 1. The van der Waals surface area contributed by atoms with Crippen molar-refractivity contribution in [2.75, 3.05) is 5.32 Å². The van der Waals surface area contributed by atoms with Gasteiger partial charge in [0, 0.05) is 35.7 Å². The lowest BCUT2D eigenvalue weighted by atomic mass is 10.1. The number of hydrogen-bond acceptors (Lipinski definition) is 5. The van der Waals surface area contributed by atoms with Crippen LogP contribution in [0, 0.1) is 6.92 Å². The zero-order valence-corrected chi connectivity index (χ0v) is 14.5. The molecule has 0 bridgehead atoms. The second kappa shape index (κ2) is 6.83. The van der Waals surface area contributed by atoms with Gasteiger partial charge in [0.1, 0.15) is 17.7 Å². The first-order valence-corrected chi connectivity index (χ1v) is 8.32. The number of aromatic amines is 2. The molecule has 4 aromatic heterocycles. The molecule has 0 aliphatic carbocycles. The summed E-state index contributed by atoms with van der Waals surface area (Å²) in [6.45, 7) is 1.93. The van der Waals surface area contributed by atoms with Crippen LogP contribution in [0.15, 0.2) is 54.1 Å². The molecule has 0 spiro atoms. The van der Waals surface area contributed by atoms with E-state index in [4.69, 9.17) is 0 Å². The molecule has 1 amide bonds. The lowest BCUT2D eigenvalue weighted by Crippen LogP contribution is -2.16. The quantitative estimate of drug-likeness (QED) is 0.516. The van der Waals surface area contributed by atoms with Gasteiger partial charge in [0.2, 0.25) is 5.91 Å². The van der Waals surface area contributed by atoms with E-state index in [1.807, 2.05) is 19.1 Å². The van der Waals surface area contributed by atoms with Crippen molar-refractivity contribution in [3.05, 3.63) is 70.8 Å². The number of anilines is 1. The van der Waals surface area contributed by atoms with Crippen LogP contribution < -0.4 is 10.9 Å². The molecule has 0 radical (unpaired) electrons. The Balaban J connectivity index is 1.65. The summed E-state index contributed by atoms with van der Waals surface area (Å²) in [6, 6.07) is 5.47.